The highest BCUT2D eigenvalue weighted by atomic mass is 32.2. The van der Waals surface area contributed by atoms with Crippen LogP contribution in [0.25, 0.3) is 0 Å². The fourth-order valence-electron chi connectivity index (χ4n) is 4.63. The Bertz CT molecular complexity index is 1500. The standard InChI is InChI=1S/C26H30F6N3O6PS2/c1-23(2,3)19-16-40-22(33-19)24(4,5)41-42-34(43(36,37)25(27,28)29)20(17-12-8-6-9-13-17)21(18-14-10-7-11-15-18)35(42)44(38,39)26(30,31)32/h6-15,19-21H,16H2,1-5H3/t19-,20-,21-/m1/s1. The molecule has 0 N–H and O–H groups in total. The van der Waals surface area contributed by atoms with Crippen LogP contribution >= 0.6 is 8.45 Å². The Morgan fingerprint density at radius 2 is 1.14 bits per heavy atom. The van der Waals surface area contributed by atoms with Crippen LogP contribution in [0.5, 0.6) is 0 Å². The lowest BCUT2D eigenvalue weighted by atomic mass is 9.88. The van der Waals surface area contributed by atoms with E-state index in [1.165, 1.54) is 74.5 Å². The number of halogens is 6. The van der Waals surface area contributed by atoms with Gasteiger partial charge in [-0.3, -0.25) is 0 Å². The van der Waals surface area contributed by atoms with E-state index in [-0.39, 0.29) is 31.8 Å². The molecule has 2 heterocycles. The zero-order valence-electron chi connectivity index (χ0n) is 24.0. The van der Waals surface area contributed by atoms with Crippen LogP contribution in [0.2, 0.25) is 0 Å². The van der Waals surface area contributed by atoms with Gasteiger partial charge in [0.2, 0.25) is 14.3 Å². The van der Waals surface area contributed by atoms with Gasteiger partial charge in [-0.05, 0) is 30.4 Å². The molecule has 0 aromatic heterocycles. The third kappa shape index (κ3) is 6.23. The second-order valence-corrected chi connectivity index (χ2v) is 17.3. The van der Waals surface area contributed by atoms with Crippen LogP contribution in [0.1, 0.15) is 57.8 Å². The molecule has 2 aliphatic rings. The summed E-state index contributed by atoms with van der Waals surface area (Å²) in [6.07, 6.45) is 0. The molecule has 3 atom stereocenters. The first-order chi connectivity index (χ1) is 20.0. The monoisotopic (exact) mass is 689 g/mol. The van der Waals surface area contributed by atoms with E-state index in [9.17, 15) is 43.2 Å². The maximum absolute atomic E-state index is 14.3. The van der Waals surface area contributed by atoms with Crippen LogP contribution in [0.4, 0.5) is 26.3 Å². The summed E-state index contributed by atoms with van der Waals surface area (Å²) in [5.74, 6) is -0.243. The van der Waals surface area contributed by atoms with Crippen LogP contribution in [0.3, 0.4) is 0 Å². The highest BCUT2D eigenvalue weighted by Gasteiger charge is 2.69. The molecule has 0 aliphatic carbocycles. The highest BCUT2D eigenvalue weighted by molar-refractivity contribution is 7.99. The van der Waals surface area contributed by atoms with Gasteiger partial charge in [0.15, 0.2) is 0 Å². The summed E-state index contributed by atoms with van der Waals surface area (Å²) in [5, 5.41) is 0. The third-order valence-corrected chi connectivity index (χ3v) is 13.5. The van der Waals surface area contributed by atoms with Crippen molar-refractivity contribution in [3.05, 3.63) is 71.8 Å². The van der Waals surface area contributed by atoms with E-state index >= 15 is 0 Å². The van der Waals surface area contributed by atoms with Crippen molar-refractivity contribution >= 4 is 34.4 Å². The number of hydrogen-bond donors (Lipinski definition) is 0. The lowest BCUT2D eigenvalue weighted by Gasteiger charge is -2.35. The van der Waals surface area contributed by atoms with Crippen molar-refractivity contribution in [2.24, 2.45) is 10.4 Å². The Hall–Kier alpha value is -2.30. The molecule has 1 fully saturated rings. The molecule has 0 saturated carbocycles. The first kappa shape index (κ1) is 34.6. The smallest absolute Gasteiger partial charge is 0.477 e. The van der Waals surface area contributed by atoms with Gasteiger partial charge in [0.05, 0.1) is 18.1 Å². The van der Waals surface area contributed by atoms with Gasteiger partial charge in [-0.25, -0.2) is 21.8 Å². The van der Waals surface area contributed by atoms with Gasteiger partial charge in [-0.1, -0.05) is 81.4 Å². The summed E-state index contributed by atoms with van der Waals surface area (Å²) in [7, 11) is -17.1. The highest BCUT2D eigenvalue weighted by Crippen LogP contribution is 2.70. The fourth-order valence-corrected chi connectivity index (χ4v) is 10.7. The van der Waals surface area contributed by atoms with Gasteiger partial charge in [0, 0.05) is 0 Å². The zero-order valence-corrected chi connectivity index (χ0v) is 26.6. The van der Waals surface area contributed by atoms with Gasteiger partial charge in [-0.2, -0.15) is 26.3 Å². The van der Waals surface area contributed by atoms with Crippen LogP contribution in [-0.2, 0) is 29.3 Å². The van der Waals surface area contributed by atoms with Crippen molar-refractivity contribution in [3.8, 4) is 0 Å². The lowest BCUT2D eigenvalue weighted by Crippen LogP contribution is -2.43. The molecule has 18 heteroatoms. The second kappa shape index (κ2) is 11.5. The molecule has 0 bridgehead atoms. The number of benzene rings is 2. The summed E-state index contributed by atoms with van der Waals surface area (Å²) in [5.41, 5.74) is -15.0. The van der Waals surface area contributed by atoms with Crippen LogP contribution in [0, 0.1) is 5.41 Å². The Kier molecular flexibility index (Phi) is 9.03. The van der Waals surface area contributed by atoms with Crippen molar-refractivity contribution in [2.75, 3.05) is 6.61 Å². The van der Waals surface area contributed by atoms with Crippen molar-refractivity contribution in [2.45, 2.75) is 69.4 Å². The number of nitrogens with zero attached hydrogens (tertiary/aromatic N) is 3. The minimum atomic E-state index is -6.55. The molecule has 0 amide bonds. The van der Waals surface area contributed by atoms with Crippen LogP contribution in [0.15, 0.2) is 65.7 Å². The minimum Gasteiger partial charge on any atom is -0.477 e. The number of sulfonamides is 2. The van der Waals surface area contributed by atoms with Crippen molar-refractivity contribution < 1.29 is 52.4 Å². The van der Waals surface area contributed by atoms with Crippen molar-refractivity contribution in [1.29, 1.82) is 0 Å². The molecular formula is C26H30F6N3O6PS2. The second-order valence-electron chi connectivity index (χ2n) is 11.6. The van der Waals surface area contributed by atoms with Gasteiger partial charge < -0.3 is 9.26 Å². The first-order valence-corrected chi connectivity index (χ1v) is 17.1. The van der Waals surface area contributed by atoms with Gasteiger partial charge in [0.25, 0.3) is 0 Å². The van der Waals surface area contributed by atoms with Crippen LogP contribution < -0.4 is 0 Å². The Balaban J connectivity index is 2.05. The lowest BCUT2D eigenvalue weighted by molar-refractivity contribution is -0.0486. The van der Waals surface area contributed by atoms with Crippen LogP contribution in [-0.4, -0.2) is 60.2 Å². The average Bonchev–Trinajstić information content (AvgIpc) is 3.53. The van der Waals surface area contributed by atoms with Gasteiger partial charge >= 0.3 is 31.1 Å². The quantitative estimate of drug-likeness (QED) is 0.238. The fraction of sp³-hybridized carbons (Fsp3) is 0.500. The van der Waals surface area contributed by atoms with E-state index in [4.69, 9.17) is 9.26 Å². The normalized spacial score (nSPS) is 23.5. The topological polar surface area (TPSA) is 106 Å². The molecule has 244 valence electrons. The van der Waals surface area contributed by atoms with E-state index < -0.39 is 68.7 Å². The molecule has 0 spiro atoms. The molecule has 0 unspecified atom stereocenters. The molecule has 9 nitrogen and oxygen atoms in total. The molecule has 2 aromatic rings. The van der Waals surface area contributed by atoms with E-state index in [0.29, 0.717) is 0 Å². The largest absolute Gasteiger partial charge is 0.512 e. The van der Waals surface area contributed by atoms with Crippen molar-refractivity contribution in [1.82, 2.24) is 8.15 Å². The maximum atomic E-state index is 14.3. The number of ether oxygens (including phenoxy) is 1. The molecule has 2 aliphatic heterocycles. The van der Waals surface area contributed by atoms with E-state index in [0.717, 1.165) is 0 Å². The molecule has 1 saturated heterocycles. The first-order valence-electron chi connectivity index (χ1n) is 13.0. The summed E-state index contributed by atoms with van der Waals surface area (Å²) < 4.78 is 150. The Labute approximate surface area is 252 Å². The molecule has 0 radical (unpaired) electrons. The minimum absolute atomic E-state index is 0.00203. The summed E-state index contributed by atoms with van der Waals surface area (Å²) >= 11 is 0. The summed E-state index contributed by atoms with van der Waals surface area (Å²) in [6, 6.07) is 8.26. The predicted octanol–water partition coefficient (Wildman–Crippen LogP) is 6.65. The third-order valence-electron chi connectivity index (χ3n) is 6.95. The van der Waals surface area contributed by atoms with E-state index in [1.54, 1.807) is 0 Å². The molecular weight excluding hydrogens is 659 g/mol. The van der Waals surface area contributed by atoms with Gasteiger partial charge in [0.1, 0.15) is 12.2 Å². The molecule has 44 heavy (non-hydrogen) atoms. The molecule has 2 aromatic carbocycles. The summed E-state index contributed by atoms with van der Waals surface area (Å²) in [4.78, 5) is 4.40. The predicted molar refractivity (Wildman–Crippen MR) is 151 cm³/mol. The number of hydrogen-bond acceptors (Lipinski definition) is 7. The maximum Gasteiger partial charge on any atom is 0.512 e. The SMILES string of the molecule is CC(C)(OP1N(S(=O)(=O)C(F)(F)F)[C@H](c2ccccc2)[C@@H](c2ccccc2)N1S(=O)(=O)C(F)(F)F)C1=N[C@@H](C(C)(C)C)CO1. The van der Waals surface area contributed by atoms with Crippen molar-refractivity contribution in [3.63, 3.8) is 0 Å². The summed E-state index contributed by atoms with van der Waals surface area (Å²) in [6.45, 7) is 7.87. The zero-order chi connectivity index (χ0) is 33.1. The Morgan fingerprint density at radius 3 is 1.45 bits per heavy atom. The number of aliphatic imine (C=N–C) groups is 1. The average molecular weight is 690 g/mol. The molecule has 4 rings (SSSR count). The van der Waals surface area contributed by atoms with E-state index in [2.05, 4.69) is 4.99 Å². The van der Waals surface area contributed by atoms with E-state index in [1.807, 2.05) is 20.8 Å². The Morgan fingerprint density at radius 1 is 0.750 bits per heavy atom. The van der Waals surface area contributed by atoms with Gasteiger partial charge in [-0.15, -0.1) is 8.15 Å². The number of alkyl halides is 6. The number of rotatable bonds is 7.